The third-order valence-corrected chi connectivity index (χ3v) is 5.00. The van der Waals surface area contributed by atoms with E-state index in [0.29, 0.717) is 12.2 Å². The van der Waals surface area contributed by atoms with Crippen LogP contribution in [-0.4, -0.2) is 51.8 Å². The van der Waals surface area contributed by atoms with Crippen molar-refractivity contribution < 1.29 is 9.90 Å². The number of hydrogen-bond acceptors (Lipinski definition) is 4. The Labute approximate surface area is 151 Å². The van der Waals surface area contributed by atoms with E-state index in [1.54, 1.807) is 0 Å². The van der Waals surface area contributed by atoms with E-state index >= 15 is 0 Å². The number of aromatic nitrogens is 2. The van der Waals surface area contributed by atoms with Crippen molar-refractivity contribution in [3.05, 3.63) is 65.9 Å². The lowest BCUT2D eigenvalue weighted by molar-refractivity contribution is 0.0917. The summed E-state index contributed by atoms with van der Waals surface area (Å²) in [6.45, 7) is 2.35. The molecule has 134 valence electrons. The first-order chi connectivity index (χ1) is 12.7. The fourth-order valence-corrected chi connectivity index (χ4v) is 3.65. The molecule has 0 saturated carbocycles. The lowest BCUT2D eigenvalue weighted by Crippen LogP contribution is -2.41. The molecular weight excluding hydrogens is 328 g/mol. The van der Waals surface area contributed by atoms with E-state index in [0.717, 1.165) is 24.0 Å². The molecule has 2 aromatic carbocycles. The van der Waals surface area contributed by atoms with Crippen LogP contribution in [0.1, 0.15) is 16.1 Å². The highest BCUT2D eigenvalue weighted by atomic mass is 16.3. The number of benzene rings is 2. The van der Waals surface area contributed by atoms with Crippen LogP contribution in [0.25, 0.3) is 10.9 Å². The topological polar surface area (TPSA) is 81.2 Å². The molecule has 0 unspecified atom stereocenters. The Morgan fingerprint density at radius 1 is 1.15 bits per heavy atom. The quantitative estimate of drug-likeness (QED) is 0.655. The summed E-state index contributed by atoms with van der Waals surface area (Å²) in [5.41, 5.74) is 2.47. The molecule has 3 N–H and O–H groups in total. The van der Waals surface area contributed by atoms with Crippen LogP contribution in [0.3, 0.4) is 0 Å². The van der Waals surface area contributed by atoms with Crippen LogP contribution in [0, 0.1) is 5.92 Å². The Balaban J connectivity index is 1.45. The summed E-state index contributed by atoms with van der Waals surface area (Å²) in [7, 11) is 0. The third-order valence-electron chi connectivity index (χ3n) is 5.00. The van der Waals surface area contributed by atoms with E-state index < -0.39 is 0 Å². The Kier molecular flexibility index (Phi) is 4.69. The van der Waals surface area contributed by atoms with Gasteiger partial charge in [0.05, 0.1) is 5.52 Å². The predicted molar refractivity (Wildman–Crippen MR) is 99.6 cm³/mol. The van der Waals surface area contributed by atoms with Crippen LogP contribution in [0.2, 0.25) is 0 Å². The van der Waals surface area contributed by atoms with Crippen LogP contribution in [-0.2, 0) is 6.54 Å². The van der Waals surface area contributed by atoms with Gasteiger partial charge in [0.2, 0.25) is 0 Å². The van der Waals surface area contributed by atoms with Gasteiger partial charge in [-0.05, 0) is 11.6 Å². The molecule has 26 heavy (non-hydrogen) atoms. The Morgan fingerprint density at radius 3 is 2.73 bits per heavy atom. The van der Waals surface area contributed by atoms with Gasteiger partial charge >= 0.3 is 0 Å². The summed E-state index contributed by atoms with van der Waals surface area (Å²) < 4.78 is 0. The Morgan fingerprint density at radius 2 is 1.92 bits per heavy atom. The Hall–Kier alpha value is -2.70. The van der Waals surface area contributed by atoms with Crippen molar-refractivity contribution in [1.29, 1.82) is 0 Å². The maximum absolute atomic E-state index is 12.7. The number of para-hydroxylation sites is 1. The third kappa shape index (κ3) is 3.34. The molecule has 0 bridgehead atoms. The van der Waals surface area contributed by atoms with Gasteiger partial charge in [0.25, 0.3) is 5.91 Å². The van der Waals surface area contributed by atoms with Crippen LogP contribution in [0.15, 0.2) is 54.6 Å². The van der Waals surface area contributed by atoms with Crippen molar-refractivity contribution >= 4 is 16.8 Å². The number of likely N-dealkylation sites (tertiary alicyclic amines) is 1. The minimum absolute atomic E-state index is 0.0212. The van der Waals surface area contributed by atoms with Gasteiger partial charge in [0.1, 0.15) is 0 Å². The zero-order valence-corrected chi connectivity index (χ0v) is 14.4. The van der Waals surface area contributed by atoms with E-state index in [1.165, 1.54) is 5.56 Å². The van der Waals surface area contributed by atoms with Gasteiger partial charge < -0.3 is 10.4 Å². The molecular formula is C20H22N4O2. The average Bonchev–Trinajstić information content (AvgIpc) is 3.26. The normalized spacial score (nSPS) is 20.5. The molecule has 4 rings (SSSR count). The average molecular weight is 350 g/mol. The van der Waals surface area contributed by atoms with Crippen molar-refractivity contribution in [3.8, 4) is 0 Å². The number of aromatic amines is 1. The van der Waals surface area contributed by atoms with Crippen LogP contribution in [0.5, 0.6) is 0 Å². The summed E-state index contributed by atoms with van der Waals surface area (Å²) in [6.07, 6.45) is 0. The SMILES string of the molecule is O=C(N[C@@H]1CN(Cc2ccccc2)C[C@H]1CO)c1n[nH]c2ccccc12. The number of H-pyrrole nitrogens is 1. The number of hydrogen-bond donors (Lipinski definition) is 3. The summed E-state index contributed by atoms with van der Waals surface area (Å²) in [5.74, 6) is -0.180. The number of nitrogens with zero attached hydrogens (tertiary/aromatic N) is 2. The van der Waals surface area contributed by atoms with Crippen LogP contribution >= 0.6 is 0 Å². The number of nitrogens with one attached hydrogen (secondary N) is 2. The Bertz CT molecular complexity index is 893. The number of fused-ring (bicyclic) bond motifs is 1. The highest BCUT2D eigenvalue weighted by Crippen LogP contribution is 2.21. The molecule has 2 atom stereocenters. The first-order valence-electron chi connectivity index (χ1n) is 8.85. The lowest BCUT2D eigenvalue weighted by Gasteiger charge is -2.17. The molecule has 0 spiro atoms. The number of amides is 1. The molecule has 6 heteroatoms. The maximum atomic E-state index is 12.7. The molecule has 1 fully saturated rings. The number of aliphatic hydroxyl groups is 1. The van der Waals surface area contributed by atoms with Gasteiger partial charge in [-0.15, -0.1) is 0 Å². The molecule has 1 saturated heterocycles. The van der Waals surface area contributed by atoms with Gasteiger partial charge in [-0.1, -0.05) is 48.5 Å². The molecule has 1 amide bonds. The smallest absolute Gasteiger partial charge is 0.272 e. The van der Waals surface area contributed by atoms with E-state index in [1.807, 2.05) is 42.5 Å². The molecule has 1 aliphatic rings. The van der Waals surface area contributed by atoms with E-state index in [9.17, 15) is 9.90 Å². The first-order valence-corrected chi connectivity index (χ1v) is 8.85. The lowest BCUT2D eigenvalue weighted by atomic mass is 10.0. The zero-order chi connectivity index (χ0) is 17.9. The van der Waals surface area contributed by atoms with Gasteiger partial charge in [-0.3, -0.25) is 14.8 Å². The van der Waals surface area contributed by atoms with Crippen molar-refractivity contribution in [1.82, 2.24) is 20.4 Å². The molecule has 2 heterocycles. The van der Waals surface area contributed by atoms with E-state index in [4.69, 9.17) is 0 Å². The number of carbonyl (C=O) groups excluding carboxylic acids is 1. The highest BCUT2D eigenvalue weighted by Gasteiger charge is 2.34. The first kappa shape index (κ1) is 16.8. The predicted octanol–water partition coefficient (Wildman–Crippen LogP) is 1.79. The van der Waals surface area contributed by atoms with Crippen molar-refractivity contribution in [2.75, 3.05) is 19.7 Å². The minimum atomic E-state index is -0.201. The molecule has 0 aliphatic carbocycles. The number of carbonyl (C=O) groups is 1. The number of rotatable bonds is 5. The zero-order valence-electron chi connectivity index (χ0n) is 14.4. The second kappa shape index (κ2) is 7.27. The molecule has 0 radical (unpaired) electrons. The van der Waals surface area contributed by atoms with Gasteiger partial charge in [0.15, 0.2) is 5.69 Å². The summed E-state index contributed by atoms with van der Waals surface area (Å²) in [4.78, 5) is 15.0. The van der Waals surface area contributed by atoms with E-state index in [2.05, 4.69) is 32.5 Å². The molecule has 6 nitrogen and oxygen atoms in total. The minimum Gasteiger partial charge on any atom is -0.396 e. The van der Waals surface area contributed by atoms with Gasteiger partial charge in [0, 0.05) is 43.6 Å². The fourth-order valence-electron chi connectivity index (χ4n) is 3.65. The summed E-state index contributed by atoms with van der Waals surface area (Å²) in [5, 5.41) is 20.7. The fraction of sp³-hybridized carbons (Fsp3) is 0.300. The summed E-state index contributed by atoms with van der Waals surface area (Å²) >= 11 is 0. The van der Waals surface area contributed by atoms with Crippen molar-refractivity contribution in [2.45, 2.75) is 12.6 Å². The van der Waals surface area contributed by atoms with Gasteiger partial charge in [-0.25, -0.2) is 0 Å². The highest BCUT2D eigenvalue weighted by molar-refractivity contribution is 6.04. The van der Waals surface area contributed by atoms with E-state index in [-0.39, 0.29) is 24.5 Å². The molecule has 3 aromatic rings. The van der Waals surface area contributed by atoms with Crippen LogP contribution in [0.4, 0.5) is 0 Å². The van der Waals surface area contributed by atoms with Crippen LogP contribution < -0.4 is 5.32 Å². The summed E-state index contributed by atoms with van der Waals surface area (Å²) in [6, 6.07) is 17.7. The maximum Gasteiger partial charge on any atom is 0.272 e. The molecule has 1 aliphatic heterocycles. The van der Waals surface area contributed by atoms with Gasteiger partial charge in [-0.2, -0.15) is 5.10 Å². The second-order valence-corrected chi connectivity index (χ2v) is 6.82. The molecule has 1 aromatic heterocycles. The standard InChI is InChI=1S/C20H22N4O2/c25-13-15-11-24(10-14-6-2-1-3-7-14)12-18(15)21-20(26)19-16-8-4-5-9-17(16)22-23-19/h1-9,15,18,25H,10-13H2,(H,21,26)(H,22,23)/t15-,18+/m0/s1. The van der Waals surface area contributed by atoms with Crippen molar-refractivity contribution in [2.24, 2.45) is 5.92 Å². The van der Waals surface area contributed by atoms with Crippen molar-refractivity contribution in [3.63, 3.8) is 0 Å². The number of aliphatic hydroxyl groups excluding tert-OH is 1. The largest absolute Gasteiger partial charge is 0.396 e. The monoisotopic (exact) mass is 350 g/mol. The second-order valence-electron chi connectivity index (χ2n) is 6.82.